The molecule has 2 fully saturated rings. The highest BCUT2D eigenvalue weighted by atomic mass is 35.5. The van der Waals surface area contributed by atoms with Crippen LogP contribution in [0, 0.1) is 12.3 Å². The third-order valence-electron chi connectivity index (χ3n) is 6.98. The second kappa shape index (κ2) is 10.1. The molecule has 0 radical (unpaired) electrons. The fraction of sp³-hybridized carbons (Fsp3) is 0.560. The van der Waals surface area contributed by atoms with Gasteiger partial charge < -0.3 is 4.90 Å². The van der Waals surface area contributed by atoms with Crippen LogP contribution < -0.4 is 9.62 Å². The van der Waals surface area contributed by atoms with Crippen LogP contribution in [-0.2, 0) is 11.0 Å². The van der Waals surface area contributed by atoms with E-state index in [-0.39, 0.29) is 10.2 Å². The normalized spacial score (nSPS) is 21.5. The van der Waals surface area contributed by atoms with Crippen LogP contribution in [0.5, 0.6) is 0 Å². The molecule has 1 spiro atoms. The average molecular weight is 527 g/mol. The van der Waals surface area contributed by atoms with Crippen molar-refractivity contribution in [2.24, 2.45) is 5.41 Å². The fourth-order valence-electron chi connectivity index (χ4n) is 4.93. The summed E-state index contributed by atoms with van der Waals surface area (Å²) in [6.07, 6.45) is 7.80. The number of nitrogens with zero attached hydrogens (tertiary/aromatic N) is 2. The zero-order valence-electron chi connectivity index (χ0n) is 19.8. The molecule has 180 valence electrons. The van der Waals surface area contributed by atoms with Crippen LogP contribution in [0.15, 0.2) is 40.4 Å². The molecule has 0 bridgehead atoms. The van der Waals surface area contributed by atoms with Crippen molar-refractivity contribution in [3.63, 3.8) is 0 Å². The van der Waals surface area contributed by atoms with Gasteiger partial charge in [0.2, 0.25) is 0 Å². The molecule has 2 atom stereocenters. The lowest BCUT2D eigenvalue weighted by Gasteiger charge is -2.44. The second-order valence-corrected chi connectivity index (χ2v) is 14.1. The van der Waals surface area contributed by atoms with Gasteiger partial charge in [0.05, 0.1) is 37.7 Å². The number of rotatable bonds is 5. The zero-order valence-corrected chi connectivity index (χ0v) is 22.9. The molecule has 1 aromatic carbocycles. The molecule has 8 heteroatoms. The summed E-state index contributed by atoms with van der Waals surface area (Å²) in [7, 11) is -1.02. The van der Waals surface area contributed by atoms with Gasteiger partial charge in [-0.3, -0.25) is 0 Å². The maximum atomic E-state index is 12.7. The molecule has 1 saturated carbocycles. The summed E-state index contributed by atoms with van der Waals surface area (Å²) >= 11 is 14.1. The Bertz CT molecular complexity index is 1030. The lowest BCUT2D eigenvalue weighted by atomic mass is 9.74. The molecule has 1 aliphatic carbocycles. The van der Waals surface area contributed by atoms with Gasteiger partial charge >= 0.3 is 0 Å². The van der Waals surface area contributed by atoms with Gasteiger partial charge in [-0.25, -0.2) is 13.9 Å². The second-order valence-electron chi connectivity index (χ2n) is 10.3. The topological polar surface area (TPSA) is 45.2 Å². The van der Waals surface area contributed by atoms with Crippen molar-refractivity contribution in [3.05, 3.63) is 46.1 Å². The quantitative estimate of drug-likeness (QED) is 0.454. The Labute approximate surface area is 214 Å². The summed E-state index contributed by atoms with van der Waals surface area (Å²) in [6, 6.07) is 8.25. The van der Waals surface area contributed by atoms with E-state index in [1.54, 1.807) is 17.8 Å². The van der Waals surface area contributed by atoms with Crippen LogP contribution in [0.4, 0.5) is 5.69 Å². The predicted molar refractivity (Wildman–Crippen MR) is 142 cm³/mol. The third kappa shape index (κ3) is 5.56. The smallest absolute Gasteiger partial charge is 0.104 e. The fourth-order valence-corrected chi connectivity index (χ4v) is 7.26. The molecule has 4 rings (SSSR count). The van der Waals surface area contributed by atoms with Gasteiger partial charge in [-0.05, 0) is 82.6 Å². The number of halogens is 2. The highest BCUT2D eigenvalue weighted by Gasteiger charge is 2.46. The van der Waals surface area contributed by atoms with Gasteiger partial charge in [-0.15, -0.1) is 0 Å². The van der Waals surface area contributed by atoms with E-state index in [9.17, 15) is 4.21 Å². The van der Waals surface area contributed by atoms with Crippen LogP contribution in [0.3, 0.4) is 0 Å². The van der Waals surface area contributed by atoms with Crippen LogP contribution in [-0.4, -0.2) is 33.1 Å². The molecular formula is C25H33Cl2N3OS2. The SMILES string of the molecule is Cc1cc(N2CCC3(CCC[C@H]3N[S@](=O)C(C)(C)C)CC2)cnc1Sc1cccc(Cl)c1Cl. The minimum Gasteiger partial charge on any atom is -0.370 e. The first kappa shape index (κ1) is 25.3. The van der Waals surface area contributed by atoms with E-state index in [2.05, 4.69) is 22.6 Å². The molecule has 0 amide bonds. The van der Waals surface area contributed by atoms with E-state index in [0.717, 1.165) is 47.8 Å². The van der Waals surface area contributed by atoms with Crippen molar-refractivity contribution in [1.82, 2.24) is 9.71 Å². The first-order valence-electron chi connectivity index (χ1n) is 11.6. The molecule has 4 nitrogen and oxygen atoms in total. The Morgan fingerprint density at radius 3 is 2.61 bits per heavy atom. The highest BCUT2D eigenvalue weighted by molar-refractivity contribution is 7.99. The van der Waals surface area contributed by atoms with Crippen molar-refractivity contribution in [3.8, 4) is 0 Å². The van der Waals surface area contributed by atoms with Gasteiger partial charge in [0, 0.05) is 24.0 Å². The van der Waals surface area contributed by atoms with Gasteiger partial charge in [-0.2, -0.15) is 0 Å². The van der Waals surface area contributed by atoms with Gasteiger partial charge in [-0.1, -0.05) is 47.5 Å². The van der Waals surface area contributed by atoms with Crippen LogP contribution in [0.1, 0.15) is 58.4 Å². The number of hydrogen-bond acceptors (Lipinski definition) is 4. The van der Waals surface area contributed by atoms with Crippen molar-refractivity contribution < 1.29 is 4.21 Å². The number of nitrogens with one attached hydrogen (secondary N) is 1. The Morgan fingerprint density at radius 2 is 1.94 bits per heavy atom. The predicted octanol–water partition coefficient (Wildman–Crippen LogP) is 7.04. The first-order valence-corrected chi connectivity index (χ1v) is 14.3. The maximum Gasteiger partial charge on any atom is 0.104 e. The van der Waals surface area contributed by atoms with E-state index in [4.69, 9.17) is 28.2 Å². The number of aryl methyl sites for hydroxylation is 1. The molecule has 0 unspecified atom stereocenters. The lowest BCUT2D eigenvalue weighted by Crippen LogP contribution is -2.51. The highest BCUT2D eigenvalue weighted by Crippen LogP contribution is 2.47. The monoisotopic (exact) mass is 525 g/mol. The van der Waals surface area contributed by atoms with E-state index in [1.165, 1.54) is 18.5 Å². The van der Waals surface area contributed by atoms with E-state index < -0.39 is 11.0 Å². The molecule has 1 N–H and O–H groups in total. The number of aromatic nitrogens is 1. The van der Waals surface area contributed by atoms with Crippen molar-refractivity contribution in [2.75, 3.05) is 18.0 Å². The number of piperidine rings is 1. The van der Waals surface area contributed by atoms with Crippen molar-refractivity contribution in [2.45, 2.75) is 80.5 Å². The number of hydrogen-bond donors (Lipinski definition) is 1. The summed E-state index contributed by atoms with van der Waals surface area (Å²) in [5.74, 6) is 0. The number of benzene rings is 1. The number of anilines is 1. The van der Waals surface area contributed by atoms with Crippen molar-refractivity contribution >= 4 is 51.6 Å². The van der Waals surface area contributed by atoms with Gasteiger partial charge in [0.25, 0.3) is 0 Å². The van der Waals surface area contributed by atoms with Crippen LogP contribution in [0.25, 0.3) is 0 Å². The molecule has 1 aromatic heterocycles. The van der Waals surface area contributed by atoms with E-state index in [0.29, 0.717) is 16.1 Å². The Kier molecular flexibility index (Phi) is 7.72. The Balaban J connectivity index is 1.42. The Morgan fingerprint density at radius 1 is 1.21 bits per heavy atom. The molecule has 1 saturated heterocycles. The molecule has 33 heavy (non-hydrogen) atoms. The van der Waals surface area contributed by atoms with Crippen LogP contribution >= 0.6 is 35.0 Å². The maximum absolute atomic E-state index is 12.7. The summed E-state index contributed by atoms with van der Waals surface area (Å²) in [5, 5.41) is 2.08. The van der Waals surface area contributed by atoms with E-state index >= 15 is 0 Å². The molecular weight excluding hydrogens is 493 g/mol. The standard InChI is InChI=1S/C25H33Cl2N3OS2/c1-17-15-18(16-28-23(17)32-20-8-5-7-19(26)22(20)27)30-13-11-25(12-14-30)10-6-9-21(25)29-33(31)24(2,3)4/h5,7-8,15-16,21,29H,6,9-14H2,1-4H3/t21-,33-/m1/s1. The molecule has 1 aliphatic heterocycles. The minimum atomic E-state index is -1.02. The molecule has 2 aliphatic rings. The molecule has 2 aromatic rings. The largest absolute Gasteiger partial charge is 0.370 e. The number of pyridine rings is 1. The van der Waals surface area contributed by atoms with Crippen LogP contribution in [0.2, 0.25) is 10.0 Å². The average Bonchev–Trinajstić information content (AvgIpc) is 3.14. The summed E-state index contributed by atoms with van der Waals surface area (Å²) in [5.41, 5.74) is 2.57. The van der Waals surface area contributed by atoms with E-state index in [1.807, 2.05) is 39.1 Å². The zero-order chi connectivity index (χ0) is 23.8. The van der Waals surface area contributed by atoms with Gasteiger partial charge in [0.15, 0.2) is 0 Å². The first-order chi connectivity index (χ1) is 15.6. The lowest BCUT2D eigenvalue weighted by molar-refractivity contribution is 0.188. The summed E-state index contributed by atoms with van der Waals surface area (Å²) in [6.45, 7) is 10.2. The Hall–Kier alpha value is -0.790. The molecule has 2 heterocycles. The summed E-state index contributed by atoms with van der Waals surface area (Å²) < 4.78 is 16.0. The van der Waals surface area contributed by atoms with Gasteiger partial charge in [0.1, 0.15) is 5.03 Å². The minimum absolute atomic E-state index is 0.233. The summed E-state index contributed by atoms with van der Waals surface area (Å²) in [4.78, 5) is 8.12. The third-order valence-corrected chi connectivity index (χ3v) is 10.7. The van der Waals surface area contributed by atoms with Crippen molar-refractivity contribution in [1.29, 1.82) is 0 Å².